The van der Waals surface area contributed by atoms with E-state index in [0.29, 0.717) is 6.42 Å². The average Bonchev–Trinajstić information content (AvgIpc) is 2.99. The molecule has 5 rings (SSSR count). The van der Waals surface area contributed by atoms with E-state index in [-0.39, 0.29) is 17.6 Å². The van der Waals surface area contributed by atoms with Gasteiger partial charge in [0.2, 0.25) is 0 Å². The predicted octanol–water partition coefficient (Wildman–Crippen LogP) is 9.75. The van der Waals surface area contributed by atoms with Crippen molar-refractivity contribution in [2.45, 2.75) is 52.4 Å². The highest BCUT2D eigenvalue weighted by Crippen LogP contribution is 2.50. The number of hydrogen-bond acceptors (Lipinski definition) is 1. The van der Waals surface area contributed by atoms with E-state index < -0.39 is 5.41 Å². The maximum atomic E-state index is 14.8. The molecule has 5 aromatic carbocycles. The molecule has 0 saturated heterocycles. The lowest BCUT2D eigenvalue weighted by atomic mass is 9.58. The second-order valence-corrected chi connectivity index (χ2v) is 11.7. The predicted molar refractivity (Wildman–Crippen MR) is 172 cm³/mol. The molecule has 3 atom stereocenters. The Hall–Kier alpha value is -4.23. The molecule has 0 fully saturated rings. The van der Waals surface area contributed by atoms with Crippen molar-refractivity contribution in [3.63, 3.8) is 0 Å². The van der Waals surface area contributed by atoms with Gasteiger partial charge in [0.25, 0.3) is 0 Å². The number of carbonyl (C=O) groups excluding carboxylic acids is 1. The second kappa shape index (κ2) is 12.1. The van der Waals surface area contributed by atoms with Crippen molar-refractivity contribution in [2.24, 2.45) is 5.92 Å². The zero-order valence-corrected chi connectivity index (χ0v) is 24.9. The van der Waals surface area contributed by atoms with Crippen LogP contribution in [0.2, 0.25) is 0 Å². The van der Waals surface area contributed by atoms with Crippen LogP contribution in [-0.2, 0) is 11.8 Å². The van der Waals surface area contributed by atoms with E-state index in [1.807, 2.05) is 30.3 Å². The van der Waals surface area contributed by atoms with Crippen LogP contribution in [0.15, 0.2) is 127 Å². The minimum absolute atomic E-state index is 0.124. The number of hydrogen-bond donors (Lipinski definition) is 0. The SMILES string of the molecule is Cc1ccc(C(C)(c2ccccc2)C(c2ccccc2)C(Cc2c(C)cc(C)cc2C)C(=O)c2ccccc2)cc1. The molecule has 0 bridgehead atoms. The quantitative estimate of drug-likeness (QED) is 0.171. The lowest BCUT2D eigenvalue weighted by Gasteiger charge is -2.43. The van der Waals surface area contributed by atoms with Gasteiger partial charge < -0.3 is 0 Å². The summed E-state index contributed by atoms with van der Waals surface area (Å²) in [5.41, 5.74) is 10.1. The molecule has 0 N–H and O–H groups in total. The molecule has 0 amide bonds. The number of aryl methyl sites for hydroxylation is 4. The van der Waals surface area contributed by atoms with E-state index in [1.54, 1.807) is 0 Å². The molecule has 206 valence electrons. The summed E-state index contributed by atoms with van der Waals surface area (Å²) in [5.74, 6) is -0.235. The molecule has 0 saturated carbocycles. The summed E-state index contributed by atoms with van der Waals surface area (Å²) in [6.07, 6.45) is 0.666. The minimum atomic E-state index is -0.474. The van der Waals surface area contributed by atoms with Crippen molar-refractivity contribution >= 4 is 5.78 Å². The van der Waals surface area contributed by atoms with Crippen LogP contribution in [0.5, 0.6) is 0 Å². The third kappa shape index (κ3) is 5.81. The Morgan fingerprint density at radius 2 is 1.10 bits per heavy atom. The number of benzene rings is 5. The van der Waals surface area contributed by atoms with Gasteiger partial charge in [0.1, 0.15) is 0 Å². The topological polar surface area (TPSA) is 17.1 Å². The van der Waals surface area contributed by atoms with Gasteiger partial charge in [0.05, 0.1) is 0 Å². The summed E-state index contributed by atoms with van der Waals surface area (Å²) in [5, 5.41) is 0. The molecule has 0 heterocycles. The fraction of sp³-hybridized carbons (Fsp3) is 0.225. The molecular weight excluding hydrogens is 496 g/mol. The Balaban J connectivity index is 1.81. The first-order valence-electron chi connectivity index (χ1n) is 14.6. The molecule has 3 unspecified atom stereocenters. The lowest BCUT2D eigenvalue weighted by Crippen LogP contribution is -2.40. The summed E-state index contributed by atoms with van der Waals surface area (Å²) in [4.78, 5) is 14.8. The van der Waals surface area contributed by atoms with Crippen LogP contribution in [0.25, 0.3) is 0 Å². The van der Waals surface area contributed by atoms with E-state index in [1.165, 1.54) is 44.5 Å². The third-order valence-corrected chi connectivity index (χ3v) is 8.87. The Morgan fingerprint density at radius 3 is 1.66 bits per heavy atom. The minimum Gasteiger partial charge on any atom is -0.294 e. The van der Waals surface area contributed by atoms with Gasteiger partial charge in [0.15, 0.2) is 5.78 Å². The number of rotatable bonds is 9. The molecule has 5 aromatic rings. The van der Waals surface area contributed by atoms with Gasteiger partial charge in [0, 0.05) is 22.8 Å². The summed E-state index contributed by atoms with van der Waals surface area (Å²) < 4.78 is 0. The highest BCUT2D eigenvalue weighted by molar-refractivity contribution is 5.99. The van der Waals surface area contributed by atoms with Gasteiger partial charge in [-0.15, -0.1) is 0 Å². The molecule has 0 aliphatic heterocycles. The molecule has 0 radical (unpaired) electrons. The Bertz CT molecular complexity index is 1580. The second-order valence-electron chi connectivity index (χ2n) is 11.7. The van der Waals surface area contributed by atoms with Gasteiger partial charge >= 0.3 is 0 Å². The maximum absolute atomic E-state index is 14.8. The van der Waals surface area contributed by atoms with Crippen LogP contribution < -0.4 is 0 Å². The van der Waals surface area contributed by atoms with Gasteiger partial charge in [-0.05, 0) is 67.5 Å². The van der Waals surface area contributed by atoms with Crippen LogP contribution in [0.1, 0.15) is 67.7 Å². The van der Waals surface area contributed by atoms with E-state index in [2.05, 4.69) is 132 Å². The average molecular weight is 537 g/mol. The number of ketones is 1. The Morgan fingerprint density at radius 1 is 0.610 bits per heavy atom. The summed E-state index contributed by atoms with van der Waals surface area (Å²) in [6.45, 7) is 11.0. The Kier molecular flexibility index (Phi) is 8.36. The number of carbonyl (C=O) groups is 1. The normalized spacial score (nSPS) is 14.2. The first-order valence-corrected chi connectivity index (χ1v) is 14.6. The standard InChI is InChI=1S/C40H40O/c1-28-21-23-35(24-22-28)40(5,34-19-13-8-14-20-34)38(32-15-9-6-10-16-32)37(39(41)33-17-11-7-12-18-33)27-36-30(3)25-29(2)26-31(36)4/h6-26,37-38H,27H2,1-5H3. The molecule has 0 aliphatic rings. The molecule has 0 aliphatic carbocycles. The summed E-state index contributed by atoms with van der Waals surface area (Å²) in [6, 6.07) is 44.7. The zero-order valence-electron chi connectivity index (χ0n) is 24.9. The van der Waals surface area contributed by atoms with Crippen molar-refractivity contribution in [3.8, 4) is 0 Å². The first kappa shape index (κ1) is 28.3. The van der Waals surface area contributed by atoms with Gasteiger partial charge in [-0.2, -0.15) is 0 Å². The fourth-order valence-electron chi connectivity index (χ4n) is 6.77. The fourth-order valence-corrected chi connectivity index (χ4v) is 6.77. The van der Waals surface area contributed by atoms with Crippen molar-refractivity contribution < 1.29 is 4.79 Å². The van der Waals surface area contributed by atoms with Crippen molar-refractivity contribution in [1.29, 1.82) is 0 Å². The van der Waals surface area contributed by atoms with E-state index in [0.717, 1.165) is 5.56 Å². The van der Waals surface area contributed by atoms with E-state index in [4.69, 9.17) is 0 Å². The maximum Gasteiger partial charge on any atom is 0.166 e. The summed E-state index contributed by atoms with van der Waals surface area (Å²) in [7, 11) is 0. The van der Waals surface area contributed by atoms with Crippen LogP contribution in [-0.4, -0.2) is 5.78 Å². The van der Waals surface area contributed by atoms with Crippen LogP contribution in [0, 0.1) is 33.6 Å². The smallest absolute Gasteiger partial charge is 0.166 e. The summed E-state index contributed by atoms with van der Waals surface area (Å²) >= 11 is 0. The van der Waals surface area contributed by atoms with Crippen molar-refractivity contribution in [2.75, 3.05) is 0 Å². The molecule has 41 heavy (non-hydrogen) atoms. The van der Waals surface area contributed by atoms with Gasteiger partial charge in [-0.3, -0.25) is 4.79 Å². The molecular formula is C40H40O. The molecule has 0 spiro atoms. The van der Waals surface area contributed by atoms with Crippen molar-refractivity contribution in [3.05, 3.63) is 177 Å². The van der Waals surface area contributed by atoms with Crippen molar-refractivity contribution in [1.82, 2.24) is 0 Å². The van der Waals surface area contributed by atoms with E-state index in [9.17, 15) is 4.79 Å². The van der Waals surface area contributed by atoms with Gasteiger partial charge in [-0.25, -0.2) is 0 Å². The van der Waals surface area contributed by atoms with E-state index >= 15 is 0 Å². The monoisotopic (exact) mass is 536 g/mol. The van der Waals surface area contributed by atoms with Gasteiger partial charge in [-0.1, -0.05) is 145 Å². The zero-order chi connectivity index (χ0) is 29.0. The first-order chi connectivity index (χ1) is 19.8. The third-order valence-electron chi connectivity index (χ3n) is 8.87. The van der Waals surface area contributed by atoms with Crippen LogP contribution in [0.3, 0.4) is 0 Å². The van der Waals surface area contributed by atoms with Crippen LogP contribution in [0.4, 0.5) is 0 Å². The van der Waals surface area contributed by atoms with Crippen LogP contribution >= 0.6 is 0 Å². The highest BCUT2D eigenvalue weighted by Gasteiger charge is 2.45. The highest BCUT2D eigenvalue weighted by atomic mass is 16.1. The molecule has 0 aromatic heterocycles. The Labute approximate surface area is 245 Å². The largest absolute Gasteiger partial charge is 0.294 e. The lowest BCUT2D eigenvalue weighted by molar-refractivity contribution is 0.0876. The molecule has 1 nitrogen and oxygen atoms in total. The molecule has 1 heteroatoms. The number of Topliss-reactive ketones (excluding diaryl/α,β-unsaturated/α-hetero) is 1.